The Bertz CT molecular complexity index is 1240. The maximum atomic E-state index is 6.67. The molecule has 28 heavy (non-hydrogen) atoms. The van der Waals surface area contributed by atoms with E-state index in [9.17, 15) is 0 Å². The Hall–Kier alpha value is -2.73. The summed E-state index contributed by atoms with van der Waals surface area (Å²) in [5.74, 6) is 0. The zero-order chi connectivity index (χ0) is 19.0. The molecule has 0 saturated carbocycles. The van der Waals surface area contributed by atoms with Gasteiger partial charge in [0.05, 0.1) is 0 Å². The van der Waals surface area contributed by atoms with Gasteiger partial charge in [-0.1, -0.05) is 127 Å². The van der Waals surface area contributed by atoms with Gasteiger partial charge in [-0.15, -0.1) is 0 Å². The molecule has 0 N–H and O–H groups in total. The van der Waals surface area contributed by atoms with Crippen molar-refractivity contribution in [1.82, 2.24) is 0 Å². The van der Waals surface area contributed by atoms with E-state index in [1.165, 1.54) is 37.5 Å². The van der Waals surface area contributed by atoms with Crippen LogP contribution in [0, 0.1) is 0 Å². The second-order valence-corrected chi connectivity index (χ2v) is 11.3. The van der Waals surface area contributed by atoms with Gasteiger partial charge >= 0.3 is 0 Å². The van der Waals surface area contributed by atoms with Gasteiger partial charge in [0, 0.05) is 16.6 Å². The summed E-state index contributed by atoms with van der Waals surface area (Å²) in [5, 5.41) is 8.76. The lowest BCUT2D eigenvalue weighted by molar-refractivity contribution is 1.75. The Balaban J connectivity index is 1.94. The molecule has 0 bridgehead atoms. The van der Waals surface area contributed by atoms with Crippen LogP contribution in [0.4, 0.5) is 0 Å². The van der Waals surface area contributed by atoms with Gasteiger partial charge in [-0.3, -0.25) is 0 Å². The van der Waals surface area contributed by atoms with Crippen LogP contribution in [0.3, 0.4) is 0 Å². The van der Waals surface area contributed by atoms with Gasteiger partial charge in [0.25, 0.3) is 0 Å². The summed E-state index contributed by atoms with van der Waals surface area (Å²) in [6.45, 7) is 0. The number of hydrogen-bond donors (Lipinski definition) is 0. The predicted octanol–water partition coefficient (Wildman–Crippen LogP) is 5.75. The van der Waals surface area contributed by atoms with E-state index >= 15 is 0 Å². The third-order valence-corrected chi connectivity index (χ3v) is 10.3. The monoisotopic (exact) mass is 394 g/mol. The van der Waals surface area contributed by atoms with Crippen LogP contribution in [0.25, 0.3) is 21.5 Å². The second-order valence-electron chi connectivity index (χ2n) is 6.94. The zero-order valence-corrected chi connectivity index (χ0v) is 17.0. The zero-order valence-electron chi connectivity index (χ0n) is 15.3. The molecule has 0 heterocycles. The first kappa shape index (κ1) is 17.4. The summed E-state index contributed by atoms with van der Waals surface area (Å²) in [4.78, 5) is 0. The van der Waals surface area contributed by atoms with Crippen molar-refractivity contribution >= 4 is 55.3 Å². The van der Waals surface area contributed by atoms with E-state index in [1.54, 1.807) is 0 Å². The minimum absolute atomic E-state index is 1.23. The predicted molar refractivity (Wildman–Crippen MR) is 128 cm³/mol. The normalized spacial score (nSPS) is 11.7. The highest BCUT2D eigenvalue weighted by Gasteiger charge is 2.28. The highest BCUT2D eigenvalue weighted by atomic mass is 32.4. The maximum absolute atomic E-state index is 6.67. The van der Waals surface area contributed by atoms with E-state index < -0.39 is 6.04 Å². The molecular weight excluding hydrogens is 375 g/mol. The van der Waals surface area contributed by atoms with Crippen molar-refractivity contribution in [3.63, 3.8) is 0 Å². The van der Waals surface area contributed by atoms with Crippen molar-refractivity contribution in [2.45, 2.75) is 0 Å². The van der Waals surface area contributed by atoms with E-state index in [2.05, 4.69) is 115 Å². The Kier molecular flexibility index (Phi) is 4.36. The van der Waals surface area contributed by atoms with Gasteiger partial charge in [0.15, 0.2) is 0 Å². The molecule has 5 rings (SSSR count). The molecule has 2 heteroatoms. The molecule has 0 spiro atoms. The third-order valence-electron chi connectivity index (χ3n) is 5.33. The van der Waals surface area contributed by atoms with Crippen molar-refractivity contribution in [2.75, 3.05) is 0 Å². The molecule has 0 aliphatic rings. The highest BCUT2D eigenvalue weighted by Crippen LogP contribution is 2.46. The molecular formula is C26H19PS. The maximum Gasteiger partial charge on any atom is 0.0391 e. The average Bonchev–Trinajstić information content (AvgIpc) is 2.78. The van der Waals surface area contributed by atoms with Gasteiger partial charge < -0.3 is 0 Å². The largest absolute Gasteiger partial charge is 0.0826 e. The fourth-order valence-electron chi connectivity index (χ4n) is 4.01. The third kappa shape index (κ3) is 2.71. The van der Waals surface area contributed by atoms with Crippen molar-refractivity contribution in [3.8, 4) is 0 Å². The molecule has 5 aromatic rings. The van der Waals surface area contributed by atoms with Gasteiger partial charge in [0.1, 0.15) is 0 Å². The summed E-state index contributed by atoms with van der Waals surface area (Å²) >= 11 is 6.67. The molecule has 0 aliphatic carbocycles. The first-order valence-corrected chi connectivity index (χ1v) is 12.2. The van der Waals surface area contributed by atoms with E-state index in [0.717, 1.165) is 0 Å². The van der Waals surface area contributed by atoms with Crippen LogP contribution in [0.1, 0.15) is 0 Å². The molecule has 0 nitrogen and oxygen atoms in total. The van der Waals surface area contributed by atoms with E-state index in [0.29, 0.717) is 0 Å². The SMILES string of the molecule is S=P(c1ccccc1)(c1cccc2ccccc12)c1cccc2ccccc12. The molecule has 0 fully saturated rings. The van der Waals surface area contributed by atoms with Gasteiger partial charge in [-0.2, -0.15) is 0 Å². The molecule has 0 unspecified atom stereocenters. The van der Waals surface area contributed by atoms with Gasteiger partial charge in [-0.05, 0) is 26.8 Å². The fraction of sp³-hybridized carbons (Fsp3) is 0. The molecule has 0 saturated heterocycles. The summed E-state index contributed by atoms with van der Waals surface area (Å²) in [7, 11) is 0. The lowest BCUT2D eigenvalue weighted by Gasteiger charge is -2.27. The first-order valence-electron chi connectivity index (χ1n) is 9.41. The molecule has 5 aromatic carbocycles. The van der Waals surface area contributed by atoms with Crippen LogP contribution < -0.4 is 15.9 Å². The van der Waals surface area contributed by atoms with Crippen LogP contribution in [0.5, 0.6) is 0 Å². The van der Waals surface area contributed by atoms with E-state index in [4.69, 9.17) is 11.8 Å². The number of hydrogen-bond acceptors (Lipinski definition) is 1. The van der Waals surface area contributed by atoms with E-state index in [1.807, 2.05) is 0 Å². The Morgan fingerprint density at radius 2 is 0.857 bits per heavy atom. The van der Waals surface area contributed by atoms with Crippen LogP contribution in [-0.2, 0) is 11.8 Å². The topological polar surface area (TPSA) is 0 Å². The van der Waals surface area contributed by atoms with Crippen molar-refractivity contribution in [2.24, 2.45) is 0 Å². The van der Waals surface area contributed by atoms with Crippen LogP contribution in [0.15, 0.2) is 115 Å². The van der Waals surface area contributed by atoms with Crippen molar-refractivity contribution in [3.05, 3.63) is 115 Å². The Morgan fingerprint density at radius 1 is 0.429 bits per heavy atom. The smallest absolute Gasteiger partial charge is 0.0391 e. The minimum Gasteiger partial charge on any atom is -0.0826 e. The molecule has 0 radical (unpaired) electrons. The Labute approximate surface area is 170 Å². The molecule has 134 valence electrons. The number of fused-ring (bicyclic) bond motifs is 2. The summed E-state index contributed by atoms with van der Waals surface area (Å²) < 4.78 is 0. The fourth-order valence-corrected chi connectivity index (χ4v) is 8.42. The van der Waals surface area contributed by atoms with Gasteiger partial charge in [0.2, 0.25) is 0 Å². The molecule has 0 aliphatic heterocycles. The van der Waals surface area contributed by atoms with Crippen LogP contribution >= 0.6 is 6.04 Å². The summed E-state index contributed by atoms with van der Waals surface area (Å²) in [6, 6.07) is 38.7. The summed E-state index contributed by atoms with van der Waals surface area (Å²) in [5.41, 5.74) is 0. The Morgan fingerprint density at radius 3 is 1.39 bits per heavy atom. The van der Waals surface area contributed by atoms with Crippen LogP contribution in [0.2, 0.25) is 0 Å². The van der Waals surface area contributed by atoms with Crippen molar-refractivity contribution < 1.29 is 0 Å². The number of rotatable bonds is 3. The standard InChI is InChI=1S/C26H19PS/c28-27(22-14-2-1-3-15-22,25-18-8-12-20-10-4-6-16-23(20)25)26-19-9-13-21-11-5-7-17-24(21)26/h1-19H. The second kappa shape index (κ2) is 7.02. The average molecular weight is 394 g/mol. The molecule has 0 amide bonds. The van der Waals surface area contributed by atoms with E-state index in [-0.39, 0.29) is 0 Å². The van der Waals surface area contributed by atoms with Gasteiger partial charge in [-0.25, -0.2) is 0 Å². The molecule has 0 aromatic heterocycles. The highest BCUT2D eigenvalue weighted by molar-refractivity contribution is 8.25. The number of benzene rings is 5. The lowest BCUT2D eigenvalue weighted by atomic mass is 10.1. The molecule has 0 atom stereocenters. The lowest BCUT2D eigenvalue weighted by Crippen LogP contribution is -2.25. The van der Waals surface area contributed by atoms with Crippen molar-refractivity contribution in [1.29, 1.82) is 0 Å². The summed E-state index contributed by atoms with van der Waals surface area (Å²) in [6.07, 6.45) is 0. The quantitative estimate of drug-likeness (QED) is 0.351. The van der Waals surface area contributed by atoms with Crippen LogP contribution in [-0.4, -0.2) is 0 Å². The first-order chi connectivity index (χ1) is 13.8. The minimum atomic E-state index is -2.23.